The first-order valence-electron chi connectivity index (χ1n) is 38.7. The van der Waals surface area contributed by atoms with Gasteiger partial charge < -0.3 is 5.53 Å². The van der Waals surface area contributed by atoms with Gasteiger partial charge in [0.2, 0.25) is 11.4 Å². The van der Waals surface area contributed by atoms with E-state index in [1.807, 2.05) is 0 Å². The van der Waals surface area contributed by atoms with Crippen molar-refractivity contribution in [1.82, 2.24) is 0 Å². The fourth-order valence-electron chi connectivity index (χ4n) is 13.2. The van der Waals surface area contributed by atoms with E-state index < -0.39 is 0 Å². The molecule has 2 aromatic carbocycles. The van der Waals surface area contributed by atoms with Crippen LogP contribution in [0, 0.1) is 23.7 Å². The van der Waals surface area contributed by atoms with Crippen LogP contribution in [-0.4, -0.2) is 4.70 Å². The molecule has 2 nitrogen and oxygen atoms in total. The molecule has 0 aromatic heterocycles. The van der Waals surface area contributed by atoms with Gasteiger partial charge in [-0.25, -0.2) is 4.70 Å². The normalized spacial score (nSPS) is 12.3. The van der Waals surface area contributed by atoms with Gasteiger partial charge in [-0.2, -0.15) is 0 Å². The largest absolute Gasteiger partial charge is 0.493 e. The van der Waals surface area contributed by atoms with Crippen LogP contribution >= 0.6 is 0 Å². The Morgan fingerprint density at radius 3 is 0.895 bits per heavy atom. The lowest BCUT2D eigenvalue weighted by atomic mass is 9.93. The molecule has 0 fully saturated rings. The smallest absolute Gasteiger partial charge is 0.211 e. The molecule has 0 aliphatic carbocycles. The van der Waals surface area contributed by atoms with E-state index in [1.54, 1.807) is 4.70 Å². The van der Waals surface area contributed by atoms with Crippen LogP contribution in [0.5, 0.6) is 0 Å². The molecular formula is C84H140N2. The molecule has 0 radical (unpaired) electrons. The van der Waals surface area contributed by atoms with E-state index in [-0.39, 0.29) is 0 Å². The number of allylic oxidation sites excluding steroid dienone is 2. The number of benzene rings is 2. The molecule has 1 heterocycles. The zero-order chi connectivity index (χ0) is 61.3. The highest BCUT2D eigenvalue weighted by Gasteiger charge is 2.32. The number of hydrogen-bond acceptors (Lipinski definition) is 0. The molecule has 0 amide bonds. The first kappa shape index (κ1) is 76.9. The minimum atomic E-state index is 0.857. The van der Waals surface area contributed by atoms with Gasteiger partial charge in [-0.3, -0.25) is 0 Å². The minimum Gasteiger partial charge on any atom is -0.493 e. The molecule has 0 bridgehead atoms. The van der Waals surface area contributed by atoms with Gasteiger partial charge in [0.15, 0.2) is 0 Å². The molecule has 2 heteroatoms. The number of aryl methyl sites for hydroxylation is 4. The SMILES string of the molecule is CCCCCCCCCCCCCCCCCCCCC#CCCc1ccc(CCCCCCCC)cc1C1=CC(CCCC)=C(c2cc(CCCCCCCC)ccc2CCC#CCCCCCCCCCCCCCCCCCCCC)[N+]1=[N-]. The van der Waals surface area contributed by atoms with Crippen molar-refractivity contribution in [2.75, 3.05) is 0 Å². The van der Waals surface area contributed by atoms with E-state index in [1.165, 1.54) is 347 Å². The van der Waals surface area contributed by atoms with E-state index in [0.717, 1.165) is 82.0 Å². The van der Waals surface area contributed by atoms with Gasteiger partial charge in [0, 0.05) is 48.5 Å². The molecule has 0 unspecified atom stereocenters. The predicted molar refractivity (Wildman–Crippen MR) is 384 cm³/mol. The highest BCUT2D eigenvalue weighted by atomic mass is 15.2. The Kier molecular flexibility index (Phi) is 50.8. The third kappa shape index (κ3) is 38.9. The molecule has 486 valence electrons. The first-order valence-corrected chi connectivity index (χ1v) is 38.7. The van der Waals surface area contributed by atoms with Crippen molar-refractivity contribution in [2.45, 2.75) is 413 Å². The lowest BCUT2D eigenvalue weighted by molar-refractivity contribution is -0.344. The molecule has 2 aromatic rings. The Morgan fingerprint density at radius 1 is 0.279 bits per heavy atom. The van der Waals surface area contributed by atoms with Crippen LogP contribution in [0.25, 0.3) is 16.9 Å². The van der Waals surface area contributed by atoms with Crippen LogP contribution in [0.15, 0.2) is 48.0 Å². The van der Waals surface area contributed by atoms with Gasteiger partial charge in [0.05, 0.1) is 0 Å². The van der Waals surface area contributed by atoms with Crippen LogP contribution in [-0.2, 0) is 25.7 Å². The summed E-state index contributed by atoms with van der Waals surface area (Å²) in [5, 5.41) is 0. The highest BCUT2D eigenvalue weighted by molar-refractivity contribution is 5.80. The number of hydrogen-bond donors (Lipinski definition) is 0. The summed E-state index contributed by atoms with van der Waals surface area (Å²) in [7, 11) is 0. The zero-order valence-corrected chi connectivity index (χ0v) is 58.2. The maximum Gasteiger partial charge on any atom is 0.211 e. The molecule has 0 spiro atoms. The third-order valence-corrected chi connectivity index (χ3v) is 19.0. The van der Waals surface area contributed by atoms with Gasteiger partial charge in [-0.05, 0) is 98.6 Å². The molecule has 0 atom stereocenters. The average Bonchev–Trinajstić information content (AvgIpc) is 1.99. The minimum absolute atomic E-state index is 0.857. The fraction of sp³-hybridized carbons (Fsp3) is 0.762. The molecule has 0 N–H and O–H groups in total. The van der Waals surface area contributed by atoms with Crippen LogP contribution in [0.3, 0.4) is 0 Å². The number of unbranched alkanes of at least 4 members (excludes halogenated alkanes) is 47. The van der Waals surface area contributed by atoms with E-state index in [0.29, 0.717) is 0 Å². The first-order chi connectivity index (χ1) is 42.6. The summed E-state index contributed by atoms with van der Waals surface area (Å²) in [5.41, 5.74) is 23.9. The number of nitrogens with zero attached hydrogens (tertiary/aromatic N) is 2. The van der Waals surface area contributed by atoms with Crippen LogP contribution < -0.4 is 0 Å². The third-order valence-electron chi connectivity index (χ3n) is 19.0. The Labute approximate surface area is 537 Å². The molecule has 1 aliphatic heterocycles. The van der Waals surface area contributed by atoms with Crippen LogP contribution in [0.1, 0.15) is 421 Å². The molecule has 86 heavy (non-hydrogen) atoms. The van der Waals surface area contributed by atoms with Crippen LogP contribution in [0.4, 0.5) is 0 Å². The standard InChI is InChI=1S/C84H140N2/c1-6-11-16-20-24-26-28-30-32-34-36-38-40-42-44-46-48-50-52-54-58-62-67-78-71-69-76(64-60-56-22-18-13-8-3)73-81(78)83-75-80(66-15-10-5)84(86(83)85)82-74-77(65-61-57-23-19-14-9-4)70-72-79(82)68-63-59-55-53-51-49-47-45-43-41-39-37-35-33-31-29-27-25-21-17-12-7-2/h69-75H,6-53,56-57,60-68H2,1-5H3. The topological polar surface area (TPSA) is 25.3 Å². The summed E-state index contributed by atoms with van der Waals surface area (Å²) >= 11 is 0. The second-order valence-electron chi connectivity index (χ2n) is 27.1. The molecular weight excluding hydrogens is 1040 g/mol. The second-order valence-corrected chi connectivity index (χ2v) is 27.1. The summed E-state index contributed by atoms with van der Waals surface area (Å²) in [6.07, 6.45) is 79.7. The Bertz CT molecular complexity index is 2130. The monoisotopic (exact) mass is 1180 g/mol. The van der Waals surface area contributed by atoms with Crippen molar-refractivity contribution >= 4 is 11.4 Å². The van der Waals surface area contributed by atoms with Crippen LogP contribution in [0.2, 0.25) is 0 Å². The summed E-state index contributed by atoms with van der Waals surface area (Å²) in [4.78, 5) is 0. The molecule has 3 rings (SSSR count). The summed E-state index contributed by atoms with van der Waals surface area (Å²) in [5.74, 6) is 14.4. The maximum atomic E-state index is 12.8. The van der Waals surface area contributed by atoms with Gasteiger partial charge in [0.25, 0.3) is 0 Å². The van der Waals surface area contributed by atoms with E-state index in [2.05, 4.69) is 101 Å². The van der Waals surface area contributed by atoms with E-state index in [4.69, 9.17) is 0 Å². The van der Waals surface area contributed by atoms with Crippen molar-refractivity contribution in [3.05, 3.63) is 87.0 Å². The van der Waals surface area contributed by atoms with Gasteiger partial charge in [-0.15, -0.1) is 23.7 Å². The maximum absolute atomic E-state index is 12.8. The van der Waals surface area contributed by atoms with Crippen molar-refractivity contribution in [3.8, 4) is 23.7 Å². The number of rotatable bonds is 59. The van der Waals surface area contributed by atoms with Gasteiger partial charge >= 0.3 is 0 Å². The van der Waals surface area contributed by atoms with E-state index in [9.17, 15) is 5.53 Å². The van der Waals surface area contributed by atoms with Gasteiger partial charge in [0.1, 0.15) is 0 Å². The highest BCUT2D eigenvalue weighted by Crippen LogP contribution is 2.41. The summed E-state index contributed by atoms with van der Waals surface area (Å²) in [6, 6.07) is 14.4. The Balaban J connectivity index is 1.59. The quantitative estimate of drug-likeness (QED) is 0.0358. The summed E-state index contributed by atoms with van der Waals surface area (Å²) in [6.45, 7) is 11.5. The molecule has 0 saturated carbocycles. The Morgan fingerprint density at radius 2 is 0.558 bits per heavy atom. The lowest BCUT2D eigenvalue weighted by Gasteiger charge is -2.16. The summed E-state index contributed by atoms with van der Waals surface area (Å²) < 4.78 is 1.63. The predicted octanol–water partition coefficient (Wildman–Crippen LogP) is 28.2. The lowest BCUT2D eigenvalue weighted by Crippen LogP contribution is -2.08. The molecule has 0 saturated heterocycles. The average molecular weight is 1180 g/mol. The second kappa shape index (κ2) is 56.8. The van der Waals surface area contributed by atoms with Crippen molar-refractivity contribution < 1.29 is 4.70 Å². The van der Waals surface area contributed by atoms with Crippen molar-refractivity contribution in [2.24, 2.45) is 0 Å². The van der Waals surface area contributed by atoms with Crippen molar-refractivity contribution in [3.63, 3.8) is 0 Å². The zero-order valence-electron chi connectivity index (χ0n) is 58.2. The molecule has 1 aliphatic rings. The Hall–Kier alpha value is -3.36. The van der Waals surface area contributed by atoms with Crippen molar-refractivity contribution in [1.29, 1.82) is 0 Å². The van der Waals surface area contributed by atoms with E-state index >= 15 is 0 Å². The van der Waals surface area contributed by atoms with Gasteiger partial charge in [-0.1, -0.05) is 348 Å². The fourth-order valence-corrected chi connectivity index (χ4v) is 13.2.